The largest absolute Gasteiger partial charge is 0.497 e. The van der Waals surface area contributed by atoms with Crippen LogP contribution in [0.1, 0.15) is 12.0 Å². The van der Waals surface area contributed by atoms with Crippen molar-refractivity contribution in [3.05, 3.63) is 23.8 Å². The van der Waals surface area contributed by atoms with Gasteiger partial charge < -0.3 is 15.2 Å². The number of hydrogen-bond acceptors (Lipinski definition) is 3. The van der Waals surface area contributed by atoms with E-state index in [9.17, 15) is 4.39 Å². The second-order valence-corrected chi connectivity index (χ2v) is 3.07. The number of halogens is 1. The van der Waals surface area contributed by atoms with Gasteiger partial charge in [-0.05, 0) is 18.2 Å². The molecule has 1 aromatic rings. The molecule has 0 spiro atoms. The molecule has 2 N–H and O–H groups in total. The van der Waals surface area contributed by atoms with Gasteiger partial charge in [0.15, 0.2) is 0 Å². The fourth-order valence-electron chi connectivity index (χ4n) is 1.22. The van der Waals surface area contributed by atoms with Gasteiger partial charge in [0.05, 0.1) is 20.4 Å². The average molecular weight is 213 g/mol. The first-order valence-electron chi connectivity index (χ1n) is 4.87. The zero-order valence-electron chi connectivity index (χ0n) is 8.83. The molecule has 0 unspecified atom stereocenters. The zero-order chi connectivity index (χ0) is 11.1. The van der Waals surface area contributed by atoms with E-state index in [0.29, 0.717) is 25.3 Å². The van der Waals surface area contributed by atoms with E-state index < -0.39 is 0 Å². The summed E-state index contributed by atoms with van der Waals surface area (Å²) in [6.07, 6.45) is 0.399. The highest BCUT2D eigenvalue weighted by atomic mass is 19.1. The normalized spacial score (nSPS) is 10.1. The van der Waals surface area contributed by atoms with Gasteiger partial charge in [-0.3, -0.25) is 4.39 Å². The van der Waals surface area contributed by atoms with Crippen molar-refractivity contribution in [1.29, 1.82) is 0 Å². The number of ether oxygens (including phenoxy) is 2. The second-order valence-electron chi connectivity index (χ2n) is 3.07. The summed E-state index contributed by atoms with van der Waals surface area (Å²) in [6, 6.07) is 5.41. The quantitative estimate of drug-likeness (QED) is 0.734. The summed E-state index contributed by atoms with van der Waals surface area (Å²) in [5, 5.41) is 0. The summed E-state index contributed by atoms with van der Waals surface area (Å²) >= 11 is 0. The van der Waals surface area contributed by atoms with E-state index in [0.717, 1.165) is 11.3 Å². The minimum absolute atomic E-state index is 0.367. The fourth-order valence-corrected chi connectivity index (χ4v) is 1.22. The van der Waals surface area contributed by atoms with Crippen LogP contribution >= 0.6 is 0 Å². The lowest BCUT2D eigenvalue weighted by atomic mass is 10.2. The van der Waals surface area contributed by atoms with Gasteiger partial charge in [0, 0.05) is 18.5 Å². The Labute approximate surface area is 89.0 Å². The number of benzene rings is 1. The maximum absolute atomic E-state index is 11.9. The number of rotatable bonds is 6. The van der Waals surface area contributed by atoms with Crippen molar-refractivity contribution >= 4 is 0 Å². The highest BCUT2D eigenvalue weighted by Crippen LogP contribution is 2.23. The van der Waals surface area contributed by atoms with E-state index in [4.69, 9.17) is 15.2 Å². The molecule has 15 heavy (non-hydrogen) atoms. The summed E-state index contributed by atoms with van der Waals surface area (Å²) < 4.78 is 22.3. The Morgan fingerprint density at radius 3 is 2.80 bits per heavy atom. The molecule has 0 atom stereocenters. The van der Waals surface area contributed by atoms with Crippen molar-refractivity contribution in [2.75, 3.05) is 20.4 Å². The lowest BCUT2D eigenvalue weighted by Crippen LogP contribution is -2.04. The predicted molar refractivity (Wildman–Crippen MR) is 57.0 cm³/mol. The van der Waals surface area contributed by atoms with Crippen LogP contribution in [0.15, 0.2) is 18.2 Å². The van der Waals surface area contributed by atoms with E-state index in [1.807, 2.05) is 6.07 Å². The smallest absolute Gasteiger partial charge is 0.124 e. The Morgan fingerprint density at radius 1 is 1.40 bits per heavy atom. The summed E-state index contributed by atoms with van der Waals surface area (Å²) in [4.78, 5) is 0. The Hall–Kier alpha value is -1.29. The summed E-state index contributed by atoms with van der Waals surface area (Å²) in [5.41, 5.74) is 6.44. The summed E-state index contributed by atoms with van der Waals surface area (Å²) in [7, 11) is 1.60. The van der Waals surface area contributed by atoms with E-state index in [2.05, 4.69) is 0 Å². The zero-order valence-corrected chi connectivity index (χ0v) is 8.83. The summed E-state index contributed by atoms with van der Waals surface area (Å²) in [6.45, 7) is 0.381. The Kier molecular flexibility index (Phi) is 4.90. The van der Waals surface area contributed by atoms with Crippen molar-refractivity contribution in [3.63, 3.8) is 0 Å². The van der Waals surface area contributed by atoms with Gasteiger partial charge in [-0.15, -0.1) is 0 Å². The topological polar surface area (TPSA) is 44.5 Å². The van der Waals surface area contributed by atoms with Gasteiger partial charge >= 0.3 is 0 Å². The van der Waals surface area contributed by atoms with Crippen LogP contribution in [0.2, 0.25) is 0 Å². The second kappa shape index (κ2) is 6.24. The van der Waals surface area contributed by atoms with Crippen molar-refractivity contribution < 1.29 is 13.9 Å². The molecule has 1 rings (SSSR count). The molecule has 0 amide bonds. The minimum atomic E-state index is -0.367. The molecule has 3 nitrogen and oxygen atoms in total. The van der Waals surface area contributed by atoms with Crippen molar-refractivity contribution in [2.45, 2.75) is 13.0 Å². The number of methoxy groups -OCH3 is 1. The number of hydrogen-bond donors (Lipinski definition) is 1. The monoisotopic (exact) mass is 213 g/mol. The Bertz CT molecular complexity index is 305. The van der Waals surface area contributed by atoms with Crippen LogP contribution in [0, 0.1) is 0 Å². The molecular weight excluding hydrogens is 197 g/mol. The molecule has 0 bridgehead atoms. The molecule has 0 heterocycles. The van der Waals surface area contributed by atoms with Gasteiger partial charge in [-0.2, -0.15) is 0 Å². The molecule has 0 radical (unpaired) electrons. The maximum Gasteiger partial charge on any atom is 0.124 e. The molecule has 0 aromatic heterocycles. The first-order valence-corrected chi connectivity index (χ1v) is 4.87. The molecule has 0 aliphatic carbocycles. The average Bonchev–Trinajstić information content (AvgIpc) is 2.29. The third-order valence-corrected chi connectivity index (χ3v) is 2.02. The maximum atomic E-state index is 11.9. The first kappa shape index (κ1) is 11.8. The molecule has 0 fully saturated rings. The van der Waals surface area contributed by atoms with Crippen LogP contribution in [0.3, 0.4) is 0 Å². The lowest BCUT2D eigenvalue weighted by molar-refractivity contribution is 0.286. The summed E-state index contributed by atoms with van der Waals surface area (Å²) in [5.74, 6) is 1.44. The highest BCUT2D eigenvalue weighted by molar-refractivity contribution is 5.40. The molecule has 0 aliphatic heterocycles. The first-order chi connectivity index (χ1) is 7.31. The molecule has 0 saturated carbocycles. The van der Waals surface area contributed by atoms with Crippen LogP contribution in [-0.4, -0.2) is 20.4 Å². The van der Waals surface area contributed by atoms with E-state index >= 15 is 0 Å². The standard InChI is InChI=1S/C11H16FNO2/c1-14-10-3-4-11(9(7-10)8-13)15-6-2-5-12/h3-4,7H,2,5-6,8,13H2,1H3. The van der Waals surface area contributed by atoms with Gasteiger partial charge in [-0.1, -0.05) is 0 Å². The van der Waals surface area contributed by atoms with Crippen LogP contribution < -0.4 is 15.2 Å². The van der Waals surface area contributed by atoms with Gasteiger partial charge in [0.1, 0.15) is 11.5 Å². The van der Waals surface area contributed by atoms with Crippen LogP contribution in [0.5, 0.6) is 11.5 Å². The molecule has 1 aromatic carbocycles. The van der Waals surface area contributed by atoms with Crippen LogP contribution in [-0.2, 0) is 6.54 Å². The van der Waals surface area contributed by atoms with Crippen molar-refractivity contribution in [2.24, 2.45) is 5.73 Å². The minimum Gasteiger partial charge on any atom is -0.497 e. The van der Waals surface area contributed by atoms with Crippen LogP contribution in [0.25, 0.3) is 0 Å². The van der Waals surface area contributed by atoms with Gasteiger partial charge in [-0.25, -0.2) is 0 Å². The third-order valence-electron chi connectivity index (χ3n) is 2.02. The van der Waals surface area contributed by atoms with Crippen molar-refractivity contribution in [3.8, 4) is 11.5 Å². The molecule has 4 heteroatoms. The Balaban J connectivity index is 2.69. The van der Waals surface area contributed by atoms with E-state index in [1.165, 1.54) is 0 Å². The molecule has 0 saturated heterocycles. The fraction of sp³-hybridized carbons (Fsp3) is 0.455. The predicted octanol–water partition coefficient (Wildman–Crippen LogP) is 1.89. The van der Waals surface area contributed by atoms with Crippen molar-refractivity contribution in [1.82, 2.24) is 0 Å². The van der Waals surface area contributed by atoms with E-state index in [1.54, 1.807) is 19.2 Å². The molecule has 84 valence electrons. The molecular formula is C11H16FNO2. The number of alkyl halides is 1. The lowest BCUT2D eigenvalue weighted by Gasteiger charge is -2.10. The molecule has 0 aliphatic rings. The van der Waals surface area contributed by atoms with E-state index in [-0.39, 0.29) is 6.67 Å². The van der Waals surface area contributed by atoms with Crippen LogP contribution in [0.4, 0.5) is 4.39 Å². The third kappa shape index (κ3) is 3.40. The number of nitrogens with two attached hydrogens (primary N) is 1. The van der Waals surface area contributed by atoms with Gasteiger partial charge in [0.2, 0.25) is 0 Å². The highest BCUT2D eigenvalue weighted by Gasteiger charge is 2.03. The van der Waals surface area contributed by atoms with Gasteiger partial charge in [0.25, 0.3) is 0 Å². The SMILES string of the molecule is COc1ccc(OCCCF)c(CN)c1. The Morgan fingerprint density at radius 2 is 2.20 bits per heavy atom.